The lowest BCUT2D eigenvalue weighted by Crippen LogP contribution is -2.13. The van der Waals surface area contributed by atoms with Gasteiger partial charge in [0.15, 0.2) is 5.69 Å². The van der Waals surface area contributed by atoms with Crippen LogP contribution in [0.1, 0.15) is 23.2 Å². The molecule has 0 radical (unpaired) electrons. The number of aromatic nitrogens is 1. The molecule has 1 saturated carbocycles. The van der Waals surface area contributed by atoms with Crippen LogP contribution in [0.15, 0.2) is 58.8 Å². The molecule has 1 fully saturated rings. The molecule has 4 rings (SSSR count). The van der Waals surface area contributed by atoms with Crippen LogP contribution in [-0.2, 0) is 4.79 Å². The van der Waals surface area contributed by atoms with Crippen LogP contribution in [0.2, 0.25) is 0 Å². The highest BCUT2D eigenvalue weighted by Crippen LogP contribution is 2.35. The van der Waals surface area contributed by atoms with Gasteiger partial charge in [-0.25, -0.2) is 0 Å². The third kappa shape index (κ3) is 3.19. The van der Waals surface area contributed by atoms with Crippen LogP contribution >= 0.6 is 0 Å². The van der Waals surface area contributed by atoms with E-state index < -0.39 is 5.91 Å². The van der Waals surface area contributed by atoms with Gasteiger partial charge in [0, 0.05) is 22.6 Å². The van der Waals surface area contributed by atoms with Crippen molar-refractivity contribution in [1.82, 2.24) is 4.98 Å². The normalized spacial score (nSPS) is 14.0. The number of carbonyl (C=O) groups excluding carboxylic acids is 2. The van der Waals surface area contributed by atoms with Crippen molar-refractivity contribution in [2.45, 2.75) is 12.8 Å². The Balaban J connectivity index is 1.49. The highest BCUT2D eigenvalue weighted by molar-refractivity contribution is 5.98. The van der Waals surface area contributed by atoms with Crippen molar-refractivity contribution in [2.75, 3.05) is 5.32 Å². The number of amides is 2. The minimum atomic E-state index is -0.533. The second-order valence-corrected chi connectivity index (χ2v) is 6.21. The van der Waals surface area contributed by atoms with Gasteiger partial charge in [-0.1, -0.05) is 18.2 Å². The first-order chi connectivity index (χ1) is 12.6. The number of azo groups is 1. The number of fused-ring (bicyclic) bond motifs is 1. The quantitative estimate of drug-likeness (QED) is 0.617. The highest BCUT2D eigenvalue weighted by Gasteiger charge is 2.29. The summed E-state index contributed by atoms with van der Waals surface area (Å²) in [5, 5.41) is 21.0. The molecule has 2 aromatic carbocycles. The maximum Gasteiger partial charge on any atom is 0.295 e. The number of hydrogen-bond acceptors (Lipinski definition) is 4. The van der Waals surface area contributed by atoms with E-state index in [0.717, 1.165) is 12.8 Å². The first-order valence-electron chi connectivity index (χ1n) is 8.28. The van der Waals surface area contributed by atoms with Crippen LogP contribution in [0.3, 0.4) is 0 Å². The van der Waals surface area contributed by atoms with E-state index in [1.165, 1.54) is 0 Å². The third-order valence-corrected chi connectivity index (χ3v) is 4.25. The average molecular weight is 348 g/mol. The van der Waals surface area contributed by atoms with Crippen molar-refractivity contribution < 1.29 is 14.7 Å². The monoisotopic (exact) mass is 348 g/mol. The fraction of sp³-hybridized carbons (Fsp3) is 0.158. The van der Waals surface area contributed by atoms with Gasteiger partial charge in [-0.3, -0.25) is 9.59 Å². The Morgan fingerprint density at radius 3 is 2.54 bits per heavy atom. The molecule has 2 amide bonds. The Morgan fingerprint density at radius 1 is 1.08 bits per heavy atom. The van der Waals surface area contributed by atoms with Gasteiger partial charge in [0.2, 0.25) is 11.8 Å². The molecule has 1 aliphatic rings. The van der Waals surface area contributed by atoms with E-state index in [-0.39, 0.29) is 23.4 Å². The number of aromatic hydroxyl groups is 1. The molecule has 3 aromatic rings. The molecule has 0 saturated heterocycles. The first-order valence-corrected chi connectivity index (χ1v) is 8.28. The summed E-state index contributed by atoms with van der Waals surface area (Å²) in [6, 6.07) is 13.7. The number of aromatic amines is 1. The van der Waals surface area contributed by atoms with Crippen molar-refractivity contribution in [3.05, 3.63) is 54.1 Å². The van der Waals surface area contributed by atoms with E-state index in [1.54, 1.807) is 36.4 Å². The Kier molecular flexibility index (Phi) is 3.96. The lowest BCUT2D eigenvalue weighted by atomic mass is 10.2. The summed E-state index contributed by atoms with van der Waals surface area (Å²) in [4.78, 5) is 26.7. The largest absolute Gasteiger partial charge is 0.493 e. The summed E-state index contributed by atoms with van der Waals surface area (Å²) < 4.78 is 0. The maximum atomic E-state index is 12.2. The second-order valence-electron chi connectivity index (χ2n) is 6.21. The molecular weight excluding hydrogens is 332 g/mol. The Morgan fingerprint density at radius 2 is 1.81 bits per heavy atom. The van der Waals surface area contributed by atoms with E-state index in [4.69, 9.17) is 0 Å². The SMILES string of the molecule is O=C(N=Nc1c(O)[nH]c2ccccc12)c1ccc(NC(=O)C2CC2)cc1. The zero-order valence-electron chi connectivity index (χ0n) is 13.8. The van der Waals surface area contributed by atoms with Crippen LogP contribution in [-0.4, -0.2) is 21.9 Å². The number of para-hydroxylation sites is 1. The van der Waals surface area contributed by atoms with E-state index >= 15 is 0 Å². The number of H-pyrrole nitrogens is 1. The molecule has 7 nitrogen and oxygen atoms in total. The molecule has 0 unspecified atom stereocenters. The van der Waals surface area contributed by atoms with Crippen LogP contribution < -0.4 is 5.32 Å². The smallest absolute Gasteiger partial charge is 0.295 e. The van der Waals surface area contributed by atoms with Crippen LogP contribution in [0.5, 0.6) is 5.88 Å². The average Bonchev–Trinajstić information content (AvgIpc) is 3.44. The topological polar surface area (TPSA) is 107 Å². The minimum Gasteiger partial charge on any atom is -0.493 e. The fourth-order valence-electron chi connectivity index (χ4n) is 2.65. The standard InChI is InChI=1S/C19H16N4O3/c24-17(11-5-6-11)20-13-9-7-12(8-10-13)18(25)23-22-16-14-3-1-2-4-15(14)21-19(16)26/h1-4,7-11,21,26H,5-6H2,(H,20,24). The van der Waals surface area contributed by atoms with Crippen molar-refractivity contribution in [3.8, 4) is 5.88 Å². The number of nitrogens with zero attached hydrogens (tertiary/aromatic N) is 2. The zero-order chi connectivity index (χ0) is 18.1. The van der Waals surface area contributed by atoms with Gasteiger partial charge >= 0.3 is 0 Å². The maximum absolute atomic E-state index is 12.2. The van der Waals surface area contributed by atoms with Crippen molar-refractivity contribution >= 4 is 34.1 Å². The molecule has 130 valence electrons. The third-order valence-electron chi connectivity index (χ3n) is 4.25. The lowest BCUT2D eigenvalue weighted by Gasteiger charge is -2.04. The van der Waals surface area contributed by atoms with E-state index in [0.29, 0.717) is 22.2 Å². The van der Waals surface area contributed by atoms with Crippen LogP contribution in [0.4, 0.5) is 11.4 Å². The Labute approximate surface area is 148 Å². The molecule has 0 bridgehead atoms. The molecule has 1 aromatic heterocycles. The van der Waals surface area contributed by atoms with E-state index in [9.17, 15) is 14.7 Å². The fourth-order valence-corrected chi connectivity index (χ4v) is 2.65. The number of rotatable bonds is 4. The van der Waals surface area contributed by atoms with Gasteiger partial charge in [-0.2, -0.15) is 0 Å². The van der Waals surface area contributed by atoms with Gasteiger partial charge in [0.1, 0.15) is 0 Å². The molecular formula is C19H16N4O3. The highest BCUT2D eigenvalue weighted by atomic mass is 16.3. The number of hydrogen-bond donors (Lipinski definition) is 3. The van der Waals surface area contributed by atoms with Gasteiger partial charge in [-0.15, -0.1) is 10.2 Å². The number of anilines is 1. The lowest BCUT2D eigenvalue weighted by molar-refractivity contribution is -0.117. The predicted molar refractivity (Wildman–Crippen MR) is 96.6 cm³/mol. The first kappa shape index (κ1) is 16.0. The van der Waals surface area contributed by atoms with Crippen LogP contribution in [0.25, 0.3) is 10.9 Å². The van der Waals surface area contributed by atoms with Crippen molar-refractivity contribution in [3.63, 3.8) is 0 Å². The van der Waals surface area contributed by atoms with Gasteiger partial charge < -0.3 is 15.4 Å². The van der Waals surface area contributed by atoms with Crippen molar-refractivity contribution in [1.29, 1.82) is 0 Å². The van der Waals surface area contributed by atoms with Crippen molar-refractivity contribution in [2.24, 2.45) is 16.1 Å². The summed E-state index contributed by atoms with van der Waals surface area (Å²) in [5.74, 6) is -0.539. The zero-order valence-corrected chi connectivity index (χ0v) is 13.8. The van der Waals surface area contributed by atoms with E-state index in [2.05, 4.69) is 20.5 Å². The molecule has 0 aliphatic heterocycles. The molecule has 7 heteroatoms. The molecule has 1 heterocycles. The van der Waals surface area contributed by atoms with Crippen LogP contribution in [0, 0.1) is 5.92 Å². The van der Waals surface area contributed by atoms with Gasteiger partial charge in [-0.05, 0) is 43.2 Å². The van der Waals surface area contributed by atoms with Gasteiger partial charge in [0.05, 0.1) is 5.52 Å². The summed E-state index contributed by atoms with van der Waals surface area (Å²) >= 11 is 0. The summed E-state index contributed by atoms with van der Waals surface area (Å²) in [6.07, 6.45) is 1.87. The Bertz CT molecular complexity index is 1020. The minimum absolute atomic E-state index is 0.0126. The summed E-state index contributed by atoms with van der Waals surface area (Å²) in [5.41, 5.74) is 1.92. The summed E-state index contributed by atoms with van der Waals surface area (Å²) in [7, 11) is 0. The molecule has 26 heavy (non-hydrogen) atoms. The molecule has 0 spiro atoms. The van der Waals surface area contributed by atoms with E-state index in [1.807, 2.05) is 12.1 Å². The summed E-state index contributed by atoms with van der Waals surface area (Å²) in [6.45, 7) is 0. The number of nitrogens with one attached hydrogen (secondary N) is 2. The number of benzene rings is 2. The predicted octanol–water partition coefficient (Wildman–Crippen LogP) is 4.15. The molecule has 0 atom stereocenters. The van der Waals surface area contributed by atoms with Gasteiger partial charge in [0.25, 0.3) is 5.91 Å². The molecule has 3 N–H and O–H groups in total. The molecule has 1 aliphatic carbocycles. The number of carbonyl (C=O) groups is 2. The second kappa shape index (κ2) is 6.44. The Hall–Kier alpha value is -3.48.